The predicted octanol–water partition coefficient (Wildman–Crippen LogP) is 5.90. The number of alkyl carbamates (subject to hydrolysis) is 1. The molecular weight excluding hydrogens is 461 g/mol. The summed E-state index contributed by atoms with van der Waals surface area (Å²) in [4.78, 5) is 24.1. The van der Waals surface area contributed by atoms with Crippen molar-refractivity contribution >= 4 is 40.9 Å². The molecule has 1 N–H and O–H groups in total. The van der Waals surface area contributed by atoms with Gasteiger partial charge in [0.2, 0.25) is 5.95 Å². The summed E-state index contributed by atoms with van der Waals surface area (Å²) in [6.45, 7) is 11.1. The molecule has 0 atom stereocenters. The van der Waals surface area contributed by atoms with Gasteiger partial charge >= 0.3 is 6.09 Å². The first-order valence-electron chi connectivity index (χ1n) is 11.0. The Morgan fingerprint density at radius 2 is 1.91 bits per heavy atom. The number of ether oxygens (including phenoxy) is 1. The summed E-state index contributed by atoms with van der Waals surface area (Å²) in [6.07, 6.45) is 4.83. The molecule has 0 aliphatic carbocycles. The van der Waals surface area contributed by atoms with Crippen molar-refractivity contribution in [2.75, 3.05) is 18.0 Å². The Balaban J connectivity index is 1.59. The second-order valence-corrected chi connectivity index (χ2v) is 10.6. The van der Waals surface area contributed by atoms with Crippen LogP contribution in [0.2, 0.25) is 10.0 Å². The summed E-state index contributed by atoms with van der Waals surface area (Å²) in [5, 5.41) is 4.04. The van der Waals surface area contributed by atoms with E-state index in [2.05, 4.69) is 22.1 Å². The van der Waals surface area contributed by atoms with E-state index < -0.39 is 5.60 Å². The highest BCUT2D eigenvalue weighted by atomic mass is 35.5. The first-order chi connectivity index (χ1) is 15.5. The number of aromatic nitrogens is 3. The van der Waals surface area contributed by atoms with Crippen molar-refractivity contribution in [2.24, 2.45) is 0 Å². The molecule has 3 aromatic rings. The van der Waals surface area contributed by atoms with E-state index in [1.807, 2.05) is 50.4 Å². The van der Waals surface area contributed by atoms with Crippen molar-refractivity contribution in [3.8, 4) is 11.1 Å². The van der Waals surface area contributed by atoms with Gasteiger partial charge in [-0.1, -0.05) is 35.3 Å². The van der Waals surface area contributed by atoms with Crippen LogP contribution in [-0.4, -0.2) is 44.7 Å². The van der Waals surface area contributed by atoms with Crippen LogP contribution in [0, 0.1) is 6.92 Å². The fourth-order valence-corrected chi connectivity index (χ4v) is 4.58. The van der Waals surface area contributed by atoms with Crippen molar-refractivity contribution in [1.82, 2.24) is 19.7 Å². The Morgan fingerprint density at radius 3 is 2.58 bits per heavy atom. The molecule has 0 spiro atoms. The van der Waals surface area contributed by atoms with Crippen molar-refractivity contribution < 1.29 is 9.53 Å². The first-order valence-corrected chi connectivity index (χ1v) is 11.8. The van der Waals surface area contributed by atoms with Crippen LogP contribution in [0.15, 0.2) is 30.6 Å². The molecule has 4 rings (SSSR count). The molecule has 1 saturated heterocycles. The number of fused-ring (bicyclic) bond motifs is 1. The van der Waals surface area contributed by atoms with Gasteiger partial charge in [-0.15, -0.1) is 0 Å². The van der Waals surface area contributed by atoms with Crippen LogP contribution in [0.5, 0.6) is 0 Å². The largest absolute Gasteiger partial charge is 0.444 e. The molecule has 2 aromatic heterocycles. The third-order valence-electron chi connectivity index (χ3n) is 5.88. The second kappa shape index (κ2) is 8.69. The average Bonchev–Trinajstić information content (AvgIpc) is 3.18. The normalized spacial score (nSPS) is 16.2. The Kier molecular flexibility index (Phi) is 6.22. The fourth-order valence-electron chi connectivity index (χ4n) is 4.18. The minimum Gasteiger partial charge on any atom is -0.444 e. The van der Waals surface area contributed by atoms with Gasteiger partial charge in [0.1, 0.15) is 11.2 Å². The topological polar surface area (TPSA) is 71.8 Å². The number of anilines is 1. The van der Waals surface area contributed by atoms with Gasteiger partial charge < -0.3 is 15.0 Å². The van der Waals surface area contributed by atoms with Crippen LogP contribution in [0.1, 0.15) is 46.2 Å². The fraction of sp³-hybridized carbons (Fsp3) is 0.458. The molecule has 176 valence electrons. The summed E-state index contributed by atoms with van der Waals surface area (Å²) in [7, 11) is 0. The Morgan fingerprint density at radius 1 is 1.21 bits per heavy atom. The Bertz CT molecular complexity index is 1190. The van der Waals surface area contributed by atoms with Crippen molar-refractivity contribution in [3.63, 3.8) is 0 Å². The lowest BCUT2D eigenvalue weighted by molar-refractivity contribution is 0.0448. The van der Waals surface area contributed by atoms with Crippen LogP contribution in [-0.2, 0) is 4.74 Å². The number of benzene rings is 1. The van der Waals surface area contributed by atoms with E-state index in [9.17, 15) is 4.79 Å². The summed E-state index contributed by atoms with van der Waals surface area (Å²) >= 11 is 12.8. The summed E-state index contributed by atoms with van der Waals surface area (Å²) in [6, 6.07) is 5.57. The van der Waals surface area contributed by atoms with Gasteiger partial charge in [0.15, 0.2) is 0 Å². The first kappa shape index (κ1) is 23.6. The van der Waals surface area contributed by atoms with Crippen molar-refractivity contribution in [1.29, 1.82) is 0 Å². The highest BCUT2D eigenvalue weighted by Gasteiger charge is 2.34. The lowest BCUT2D eigenvalue weighted by atomic mass is 9.90. The molecule has 0 unspecified atom stereocenters. The van der Waals surface area contributed by atoms with Crippen molar-refractivity contribution in [3.05, 3.63) is 46.3 Å². The number of carbonyl (C=O) groups is 1. The number of amides is 1. The quantitative estimate of drug-likeness (QED) is 0.495. The van der Waals surface area contributed by atoms with Crippen LogP contribution in [0.3, 0.4) is 0 Å². The number of imidazole rings is 1. The van der Waals surface area contributed by atoms with Gasteiger partial charge in [0, 0.05) is 42.1 Å². The van der Waals surface area contributed by atoms with Gasteiger partial charge in [0.25, 0.3) is 0 Å². The zero-order chi connectivity index (χ0) is 24.0. The predicted molar refractivity (Wildman–Crippen MR) is 132 cm³/mol. The highest BCUT2D eigenvalue weighted by molar-refractivity contribution is 6.43. The van der Waals surface area contributed by atoms with Gasteiger partial charge in [-0.05, 0) is 53.5 Å². The van der Waals surface area contributed by atoms with E-state index >= 15 is 0 Å². The Labute approximate surface area is 204 Å². The maximum absolute atomic E-state index is 12.3. The minimum atomic E-state index is -0.525. The van der Waals surface area contributed by atoms with Gasteiger partial charge in [0.05, 0.1) is 15.7 Å². The number of carbonyl (C=O) groups excluding carboxylic acids is 1. The molecule has 0 saturated carbocycles. The highest BCUT2D eigenvalue weighted by Crippen LogP contribution is 2.38. The molecule has 0 radical (unpaired) electrons. The number of hydrogen-bond donors (Lipinski definition) is 1. The molecule has 3 heterocycles. The molecule has 1 aliphatic heterocycles. The van der Waals surface area contributed by atoms with Gasteiger partial charge in [-0.25, -0.2) is 14.8 Å². The van der Waals surface area contributed by atoms with Crippen LogP contribution in [0.4, 0.5) is 10.7 Å². The molecule has 1 fully saturated rings. The van der Waals surface area contributed by atoms with Crippen LogP contribution < -0.4 is 10.2 Å². The maximum atomic E-state index is 12.3. The molecule has 1 aromatic carbocycles. The molecular formula is C24H29Cl2N5O2. The Hall–Kier alpha value is -2.51. The SMILES string of the molecule is Cc1nc(N2CCC(C)(NC(=O)OC(C)(C)C)CC2)n2ccnc2c1-c1cccc(Cl)c1Cl. The number of piperidine rings is 1. The standard InChI is InChI=1S/C24H29Cl2N5O2/c1-15-18(16-7-6-8-17(25)19(16)26)20-27-11-14-31(20)21(28-15)30-12-9-24(5,10-13-30)29-22(32)33-23(2,3)4/h6-8,11,14H,9-10,12-13H2,1-5H3,(H,29,32). The third-order valence-corrected chi connectivity index (χ3v) is 6.70. The average molecular weight is 490 g/mol. The van der Waals surface area contributed by atoms with Gasteiger partial charge in [-0.3, -0.25) is 4.40 Å². The van der Waals surface area contributed by atoms with Crippen LogP contribution >= 0.6 is 23.2 Å². The smallest absolute Gasteiger partial charge is 0.408 e. The van der Waals surface area contributed by atoms with E-state index in [0.29, 0.717) is 10.0 Å². The van der Waals surface area contributed by atoms with E-state index in [-0.39, 0.29) is 11.6 Å². The molecule has 33 heavy (non-hydrogen) atoms. The van der Waals surface area contributed by atoms with E-state index in [4.69, 9.17) is 32.9 Å². The minimum absolute atomic E-state index is 0.337. The summed E-state index contributed by atoms with van der Waals surface area (Å²) in [5.74, 6) is 0.821. The third kappa shape index (κ3) is 4.89. The van der Waals surface area contributed by atoms with Crippen molar-refractivity contribution in [2.45, 2.75) is 58.6 Å². The monoisotopic (exact) mass is 489 g/mol. The number of hydrogen-bond acceptors (Lipinski definition) is 5. The molecule has 0 bridgehead atoms. The molecule has 1 amide bonds. The summed E-state index contributed by atoms with van der Waals surface area (Å²) in [5.41, 5.74) is 2.42. The lowest BCUT2D eigenvalue weighted by Crippen LogP contribution is -2.54. The maximum Gasteiger partial charge on any atom is 0.408 e. The number of halogens is 2. The number of rotatable bonds is 3. The zero-order valence-corrected chi connectivity index (χ0v) is 21.1. The molecule has 1 aliphatic rings. The second-order valence-electron chi connectivity index (χ2n) is 9.77. The number of nitrogens with zero attached hydrogens (tertiary/aromatic N) is 4. The zero-order valence-electron chi connectivity index (χ0n) is 19.6. The summed E-state index contributed by atoms with van der Waals surface area (Å²) < 4.78 is 7.43. The molecule has 7 nitrogen and oxygen atoms in total. The van der Waals surface area contributed by atoms with E-state index in [1.165, 1.54) is 0 Å². The molecule has 9 heteroatoms. The van der Waals surface area contributed by atoms with Gasteiger partial charge in [-0.2, -0.15) is 0 Å². The van der Waals surface area contributed by atoms with Crippen LogP contribution in [0.25, 0.3) is 16.8 Å². The van der Waals surface area contributed by atoms with E-state index in [1.54, 1.807) is 12.3 Å². The number of aryl methyl sites for hydroxylation is 1. The van der Waals surface area contributed by atoms with E-state index in [0.717, 1.165) is 54.3 Å². The lowest BCUT2D eigenvalue weighted by Gasteiger charge is -2.40. The number of nitrogens with one attached hydrogen (secondary N) is 1.